The summed E-state index contributed by atoms with van der Waals surface area (Å²) in [6.07, 6.45) is 5.58. The van der Waals surface area contributed by atoms with Gasteiger partial charge in [0.15, 0.2) is 5.75 Å². The number of benzene rings is 2. The van der Waals surface area contributed by atoms with E-state index in [0.717, 1.165) is 0 Å². The lowest BCUT2D eigenvalue weighted by molar-refractivity contribution is -0.160. The monoisotopic (exact) mass is 771 g/mol. The molecule has 14 nitrogen and oxygen atoms in total. The Kier molecular flexibility index (Phi) is 11.0. The number of aromatic hydroxyl groups is 2. The summed E-state index contributed by atoms with van der Waals surface area (Å²) in [6, 6.07) is 5.24. The molecule has 2 aliphatic rings. The van der Waals surface area contributed by atoms with Crippen LogP contribution in [0.4, 0.5) is 5.69 Å². The molecule has 5 N–H and O–H groups in total. The van der Waals surface area contributed by atoms with Gasteiger partial charge in [-0.2, -0.15) is 0 Å². The summed E-state index contributed by atoms with van der Waals surface area (Å²) in [5.74, 6) is -6.96. The molecule has 0 aliphatic carbocycles. The molecule has 2 aromatic carbocycles. The van der Waals surface area contributed by atoms with Crippen molar-refractivity contribution in [3.8, 4) is 17.2 Å². The molecule has 2 aromatic heterocycles. The molecule has 0 saturated carbocycles. The van der Waals surface area contributed by atoms with Crippen molar-refractivity contribution >= 4 is 50.8 Å². The Balaban J connectivity index is 1.57. The molecule has 56 heavy (non-hydrogen) atoms. The molecule has 4 bridgehead atoms. The van der Waals surface area contributed by atoms with E-state index in [1.165, 1.54) is 40.2 Å². The van der Waals surface area contributed by atoms with Crippen LogP contribution in [0.3, 0.4) is 0 Å². The van der Waals surface area contributed by atoms with Crippen LogP contribution in [0.25, 0.3) is 27.5 Å². The van der Waals surface area contributed by atoms with Crippen LogP contribution < -0.4 is 10.1 Å². The second kappa shape index (κ2) is 15.2. The minimum atomic E-state index is -1.95. The van der Waals surface area contributed by atoms with E-state index in [1.54, 1.807) is 81.6 Å². The van der Waals surface area contributed by atoms with E-state index in [0.29, 0.717) is 5.65 Å². The highest BCUT2D eigenvalue weighted by Crippen LogP contribution is 2.54. The third-order valence-corrected chi connectivity index (χ3v) is 11.3. The molecule has 0 spiro atoms. The number of esters is 1. The standard InChI is InChI=1S/C42H49N3O11/c1-19-13-12-14-20(2)41(52)44-32-33-31(43-27-15-10-11-17-45(27)33)28-29(37(32)50)36(49)24(6)39-30(28)40(51)42(8,56-39)54-18-16-26(53-9)21(3)38(55-25(7)46)23(5)35(48)22(4)34(19)47/h10-19,21-23,26,34-35,38,47-50H,1-9H3,(H,44,52)/b13-12+,18-16?,20-14-/t19-,21+,22+,23+,26-,34-,35+,38+,42-/m0/s1. The molecular formula is C42H49N3O11. The van der Waals surface area contributed by atoms with Gasteiger partial charge in [-0.3, -0.25) is 18.8 Å². The molecule has 2 aliphatic heterocycles. The fraction of sp³-hybridized carbons (Fsp3) is 0.429. The zero-order chi connectivity index (χ0) is 41.0. The Morgan fingerprint density at radius 2 is 1.70 bits per heavy atom. The number of allylic oxidation sites excluding steroid dienone is 2. The molecule has 4 heterocycles. The number of carbonyl (C=O) groups is 3. The summed E-state index contributed by atoms with van der Waals surface area (Å²) in [7, 11) is 1.46. The van der Waals surface area contributed by atoms with Crippen LogP contribution in [0.2, 0.25) is 0 Å². The van der Waals surface area contributed by atoms with Crippen molar-refractivity contribution in [2.75, 3.05) is 12.4 Å². The van der Waals surface area contributed by atoms with Gasteiger partial charge in [0, 0.05) is 67.3 Å². The van der Waals surface area contributed by atoms with E-state index in [-0.39, 0.29) is 55.7 Å². The zero-order valence-electron chi connectivity index (χ0n) is 32.9. The number of methoxy groups -OCH3 is 1. The highest BCUT2D eigenvalue weighted by atomic mass is 16.7. The maximum atomic E-state index is 14.5. The van der Waals surface area contributed by atoms with Crippen molar-refractivity contribution in [2.45, 2.75) is 85.6 Å². The van der Waals surface area contributed by atoms with E-state index < -0.39 is 77.3 Å². The molecule has 6 rings (SSSR count). The SMILES string of the molecule is CO[C@H]1C=CO[C@@]2(C)Oc3c(C)c(O)c4c(O)c(c5c(nc6ccccn65)c4c3C2=O)NC(=O)/C(C)=C\C=C\[C@H](C)[C@H](O)[C@@H](C)[C@@H](O)[C@@H](C)[C@H](OC(C)=O)[C@@H]1C. The van der Waals surface area contributed by atoms with Crippen LogP contribution in [-0.4, -0.2) is 84.8 Å². The number of fused-ring (bicyclic) bond motifs is 2. The minimum Gasteiger partial charge on any atom is -0.507 e. The van der Waals surface area contributed by atoms with Gasteiger partial charge in [-0.05, 0) is 32.1 Å². The van der Waals surface area contributed by atoms with Gasteiger partial charge in [-0.15, -0.1) is 0 Å². The molecule has 0 fully saturated rings. The van der Waals surface area contributed by atoms with Gasteiger partial charge in [0.1, 0.15) is 40.0 Å². The van der Waals surface area contributed by atoms with E-state index >= 15 is 0 Å². The number of ketones is 1. The van der Waals surface area contributed by atoms with Crippen molar-refractivity contribution in [2.24, 2.45) is 23.7 Å². The lowest BCUT2D eigenvalue weighted by atomic mass is 9.78. The van der Waals surface area contributed by atoms with Gasteiger partial charge in [-0.1, -0.05) is 52.0 Å². The van der Waals surface area contributed by atoms with Crippen LogP contribution in [0.1, 0.15) is 64.4 Å². The first-order chi connectivity index (χ1) is 26.4. The molecule has 0 radical (unpaired) electrons. The maximum Gasteiger partial charge on any atom is 0.312 e. The van der Waals surface area contributed by atoms with Crippen molar-refractivity contribution in [1.29, 1.82) is 0 Å². The summed E-state index contributed by atoms with van der Waals surface area (Å²) in [5, 5.41) is 49.2. The third kappa shape index (κ3) is 6.75. The first-order valence-electron chi connectivity index (χ1n) is 18.5. The van der Waals surface area contributed by atoms with Crippen molar-refractivity contribution in [3.05, 3.63) is 71.7 Å². The lowest BCUT2D eigenvalue weighted by Gasteiger charge is -2.38. The number of nitrogens with one attached hydrogen (secondary N) is 1. The molecule has 4 aromatic rings. The Labute approximate surface area is 324 Å². The highest BCUT2D eigenvalue weighted by Gasteiger charge is 2.49. The van der Waals surface area contributed by atoms with Crippen molar-refractivity contribution in [1.82, 2.24) is 9.38 Å². The molecule has 14 heteroatoms. The number of pyridine rings is 1. The number of Topliss-reactive ketones (excluding diaryl/α,β-unsaturated/α-hetero) is 1. The maximum absolute atomic E-state index is 14.5. The topological polar surface area (TPSA) is 198 Å². The first kappa shape index (κ1) is 40.2. The molecule has 9 atom stereocenters. The fourth-order valence-corrected chi connectivity index (χ4v) is 7.88. The average Bonchev–Trinajstić information content (AvgIpc) is 3.68. The third-order valence-electron chi connectivity index (χ3n) is 11.3. The number of anilines is 1. The fourth-order valence-electron chi connectivity index (χ4n) is 7.88. The predicted molar refractivity (Wildman–Crippen MR) is 208 cm³/mol. The summed E-state index contributed by atoms with van der Waals surface area (Å²) in [6.45, 7) is 12.8. The van der Waals surface area contributed by atoms with Gasteiger partial charge in [-0.25, -0.2) is 4.98 Å². The van der Waals surface area contributed by atoms with Gasteiger partial charge >= 0.3 is 11.8 Å². The van der Waals surface area contributed by atoms with Gasteiger partial charge < -0.3 is 44.7 Å². The highest BCUT2D eigenvalue weighted by molar-refractivity contribution is 6.28. The number of amides is 1. The van der Waals surface area contributed by atoms with Crippen LogP contribution in [-0.2, 0) is 23.8 Å². The number of aliphatic hydroxyl groups excluding tert-OH is 2. The number of aromatic nitrogens is 2. The summed E-state index contributed by atoms with van der Waals surface area (Å²) in [4.78, 5) is 45.4. The molecule has 0 unspecified atom stereocenters. The number of aliphatic hydroxyl groups is 2. The van der Waals surface area contributed by atoms with Crippen LogP contribution in [0.5, 0.6) is 17.2 Å². The number of phenols is 2. The van der Waals surface area contributed by atoms with Crippen molar-refractivity contribution in [3.63, 3.8) is 0 Å². The zero-order valence-corrected chi connectivity index (χ0v) is 32.9. The van der Waals surface area contributed by atoms with Gasteiger partial charge in [0.05, 0.1) is 35.5 Å². The number of phenolic OH excluding ortho intramolecular Hbond substituents is 2. The molecule has 1 amide bonds. The van der Waals surface area contributed by atoms with E-state index in [4.69, 9.17) is 23.9 Å². The average molecular weight is 772 g/mol. The number of hydrogen-bond donors (Lipinski definition) is 5. The first-order valence-corrected chi connectivity index (χ1v) is 18.5. The summed E-state index contributed by atoms with van der Waals surface area (Å²) < 4.78 is 25.4. The number of hydrogen-bond acceptors (Lipinski definition) is 12. The summed E-state index contributed by atoms with van der Waals surface area (Å²) in [5.41, 5.74) is 1.27. The van der Waals surface area contributed by atoms with E-state index in [2.05, 4.69) is 5.32 Å². The number of nitrogens with zero attached hydrogens (tertiary/aromatic N) is 2. The number of imidazole rings is 1. The second-order valence-corrected chi connectivity index (χ2v) is 15.1. The molecule has 298 valence electrons. The Bertz CT molecular complexity index is 2330. The van der Waals surface area contributed by atoms with E-state index in [9.17, 15) is 34.8 Å². The Hall–Kier alpha value is -5.44. The largest absolute Gasteiger partial charge is 0.507 e. The number of rotatable bonds is 2. The number of ether oxygens (including phenoxy) is 4. The Morgan fingerprint density at radius 3 is 2.38 bits per heavy atom. The molecular weight excluding hydrogens is 722 g/mol. The predicted octanol–water partition coefficient (Wildman–Crippen LogP) is 5.85. The Morgan fingerprint density at radius 1 is 0.982 bits per heavy atom. The van der Waals surface area contributed by atoms with Gasteiger partial charge in [0.2, 0.25) is 0 Å². The van der Waals surface area contributed by atoms with Gasteiger partial charge in [0.25, 0.3) is 11.7 Å². The lowest BCUT2D eigenvalue weighted by Crippen LogP contribution is -2.46. The summed E-state index contributed by atoms with van der Waals surface area (Å²) >= 11 is 0. The van der Waals surface area contributed by atoms with Crippen LogP contribution in [0, 0.1) is 30.6 Å². The molecule has 0 saturated heterocycles. The van der Waals surface area contributed by atoms with Crippen LogP contribution >= 0.6 is 0 Å². The quantitative estimate of drug-likeness (QED) is 0.121. The number of carbonyl (C=O) groups excluding carboxylic acids is 3. The van der Waals surface area contributed by atoms with Crippen molar-refractivity contribution < 1.29 is 53.8 Å². The minimum absolute atomic E-state index is 0.0169. The smallest absolute Gasteiger partial charge is 0.312 e. The van der Waals surface area contributed by atoms with Crippen LogP contribution in [0.15, 0.2) is 60.5 Å². The second-order valence-electron chi connectivity index (χ2n) is 15.1. The normalized spacial score (nSPS) is 30.6. The van der Waals surface area contributed by atoms with E-state index in [1.807, 2.05) is 0 Å².